The number of aromatic nitrogens is 1. The molecule has 0 bridgehead atoms. The van der Waals surface area contributed by atoms with Crippen LogP contribution in [0.25, 0.3) is 86.9 Å². The highest BCUT2D eigenvalue weighted by atomic mass is 32.1. The van der Waals surface area contributed by atoms with Gasteiger partial charge in [0.25, 0.3) is 0 Å². The third kappa shape index (κ3) is 5.09. The van der Waals surface area contributed by atoms with Crippen LogP contribution in [0.3, 0.4) is 0 Å². The Morgan fingerprint density at radius 3 is 1.69 bits per heavy atom. The molecular formula is C49H30N2O2S. The fourth-order valence-corrected chi connectivity index (χ4v) is 8.65. The average molecular weight is 711 g/mol. The first-order valence-electron chi connectivity index (χ1n) is 18.0. The van der Waals surface area contributed by atoms with E-state index in [9.17, 15) is 0 Å². The van der Waals surface area contributed by atoms with Crippen LogP contribution in [-0.4, -0.2) is 4.98 Å². The first-order valence-corrected chi connectivity index (χ1v) is 18.8. The van der Waals surface area contributed by atoms with Crippen molar-refractivity contribution >= 4 is 82.5 Å². The molecule has 0 unspecified atom stereocenters. The second kappa shape index (κ2) is 12.3. The van der Waals surface area contributed by atoms with Crippen molar-refractivity contribution in [3.63, 3.8) is 0 Å². The minimum absolute atomic E-state index is 0.853. The molecule has 254 valence electrons. The monoisotopic (exact) mass is 710 g/mol. The maximum Gasteiger partial charge on any atom is 0.137 e. The van der Waals surface area contributed by atoms with Crippen molar-refractivity contribution in [3.8, 4) is 32.8 Å². The molecule has 0 N–H and O–H groups in total. The van der Waals surface area contributed by atoms with Gasteiger partial charge in [-0.1, -0.05) is 109 Å². The van der Waals surface area contributed by atoms with Gasteiger partial charge in [0, 0.05) is 38.8 Å². The molecule has 3 heterocycles. The number of thiazole rings is 1. The SMILES string of the molecule is c1ccc(-c2ccc(N(c3ccc(-c4ccc5oc6ccc7sc(-c8ccccc8)nc7c6c5c4)cc3)c3ccc4oc5ccccc5c4c3)cc2)cc1. The van der Waals surface area contributed by atoms with Gasteiger partial charge in [0.2, 0.25) is 0 Å². The lowest BCUT2D eigenvalue weighted by Gasteiger charge is -2.26. The molecule has 0 radical (unpaired) electrons. The Kier molecular flexibility index (Phi) is 7.00. The molecule has 0 spiro atoms. The lowest BCUT2D eigenvalue weighted by molar-refractivity contribution is 0.668. The topological polar surface area (TPSA) is 42.4 Å². The van der Waals surface area contributed by atoms with E-state index in [1.165, 1.54) is 11.1 Å². The summed E-state index contributed by atoms with van der Waals surface area (Å²) in [6.07, 6.45) is 0. The van der Waals surface area contributed by atoms with Crippen LogP contribution in [0, 0.1) is 0 Å². The molecular weight excluding hydrogens is 681 g/mol. The maximum absolute atomic E-state index is 6.35. The van der Waals surface area contributed by atoms with Gasteiger partial charge in [-0.15, -0.1) is 11.3 Å². The van der Waals surface area contributed by atoms with Gasteiger partial charge < -0.3 is 13.7 Å². The molecule has 0 saturated heterocycles. The third-order valence-corrected chi connectivity index (χ3v) is 11.4. The van der Waals surface area contributed by atoms with Gasteiger partial charge in [-0.3, -0.25) is 0 Å². The number of fused-ring (bicyclic) bond motifs is 8. The summed E-state index contributed by atoms with van der Waals surface area (Å²) in [7, 11) is 0. The van der Waals surface area contributed by atoms with Crippen molar-refractivity contribution in [2.24, 2.45) is 0 Å². The summed E-state index contributed by atoms with van der Waals surface area (Å²) in [5.74, 6) is 0. The minimum Gasteiger partial charge on any atom is -0.456 e. The number of furan rings is 2. The molecule has 5 heteroatoms. The summed E-state index contributed by atoms with van der Waals surface area (Å²) in [6, 6.07) is 63.9. The van der Waals surface area contributed by atoms with Crippen LogP contribution in [0.1, 0.15) is 0 Å². The molecule has 4 nitrogen and oxygen atoms in total. The number of rotatable bonds is 6. The van der Waals surface area contributed by atoms with Crippen molar-refractivity contribution < 1.29 is 8.83 Å². The smallest absolute Gasteiger partial charge is 0.137 e. The molecule has 3 aromatic heterocycles. The van der Waals surface area contributed by atoms with Crippen molar-refractivity contribution in [1.29, 1.82) is 0 Å². The van der Waals surface area contributed by atoms with Crippen LogP contribution < -0.4 is 4.90 Å². The number of nitrogens with zero attached hydrogens (tertiary/aromatic N) is 2. The zero-order valence-corrected chi connectivity index (χ0v) is 29.8. The highest BCUT2D eigenvalue weighted by molar-refractivity contribution is 7.21. The lowest BCUT2D eigenvalue weighted by atomic mass is 10.0. The van der Waals surface area contributed by atoms with E-state index in [-0.39, 0.29) is 0 Å². The zero-order chi connectivity index (χ0) is 35.6. The number of hydrogen-bond acceptors (Lipinski definition) is 5. The van der Waals surface area contributed by atoms with Gasteiger partial charge in [0.15, 0.2) is 0 Å². The van der Waals surface area contributed by atoms with Gasteiger partial charge in [-0.25, -0.2) is 4.98 Å². The van der Waals surface area contributed by atoms with E-state index in [0.717, 1.165) is 92.9 Å². The predicted molar refractivity (Wildman–Crippen MR) is 225 cm³/mol. The van der Waals surface area contributed by atoms with E-state index >= 15 is 0 Å². The largest absolute Gasteiger partial charge is 0.456 e. The predicted octanol–water partition coefficient (Wildman–Crippen LogP) is 14.6. The van der Waals surface area contributed by atoms with Crippen molar-refractivity contribution in [1.82, 2.24) is 4.98 Å². The highest BCUT2D eigenvalue weighted by Gasteiger charge is 2.18. The molecule has 0 fully saturated rings. The summed E-state index contributed by atoms with van der Waals surface area (Å²) in [5, 5.41) is 5.35. The number of para-hydroxylation sites is 1. The summed E-state index contributed by atoms with van der Waals surface area (Å²) in [6.45, 7) is 0. The minimum atomic E-state index is 0.853. The van der Waals surface area contributed by atoms with E-state index in [2.05, 4.69) is 169 Å². The molecule has 0 aliphatic carbocycles. The number of hydrogen-bond donors (Lipinski definition) is 0. The molecule has 54 heavy (non-hydrogen) atoms. The second-order valence-electron chi connectivity index (χ2n) is 13.6. The standard InChI is InChI=1S/C49H30N2O2S/c1-3-9-31(10-4-1)32-15-20-36(21-16-32)51(38-24-26-43-40(30-38)39-13-7-8-14-42(39)52-43)37-22-17-33(18-23-37)35-19-25-44-41(29-35)47-45(53-44)27-28-46-48(47)50-49(54-46)34-11-5-2-6-12-34/h1-30H. The van der Waals surface area contributed by atoms with E-state index in [4.69, 9.17) is 13.8 Å². The Balaban J connectivity index is 1.01. The molecule has 0 aliphatic rings. The summed E-state index contributed by atoms with van der Waals surface area (Å²) >= 11 is 1.72. The summed E-state index contributed by atoms with van der Waals surface area (Å²) in [4.78, 5) is 7.44. The lowest BCUT2D eigenvalue weighted by Crippen LogP contribution is -2.09. The van der Waals surface area contributed by atoms with Gasteiger partial charge in [-0.05, 0) is 95.1 Å². The molecule has 0 amide bonds. The molecule has 0 saturated carbocycles. The Morgan fingerprint density at radius 2 is 0.926 bits per heavy atom. The summed E-state index contributed by atoms with van der Waals surface area (Å²) < 4.78 is 13.7. The maximum atomic E-state index is 6.35. The first-order chi connectivity index (χ1) is 26.7. The average Bonchev–Trinajstić information content (AvgIpc) is 3.95. The first kappa shape index (κ1) is 30.7. The Labute approximate surface area is 314 Å². The van der Waals surface area contributed by atoms with E-state index < -0.39 is 0 Å². The van der Waals surface area contributed by atoms with Crippen LogP contribution in [0.15, 0.2) is 191 Å². The highest BCUT2D eigenvalue weighted by Crippen LogP contribution is 2.42. The van der Waals surface area contributed by atoms with Gasteiger partial charge in [0.05, 0.1) is 15.6 Å². The van der Waals surface area contributed by atoms with E-state index in [1.54, 1.807) is 11.3 Å². The number of benzene rings is 8. The molecule has 0 atom stereocenters. The zero-order valence-electron chi connectivity index (χ0n) is 28.9. The molecule has 11 rings (SSSR count). The van der Waals surface area contributed by atoms with Crippen LogP contribution >= 0.6 is 11.3 Å². The van der Waals surface area contributed by atoms with Crippen molar-refractivity contribution in [2.75, 3.05) is 4.90 Å². The van der Waals surface area contributed by atoms with E-state index in [1.807, 2.05) is 18.2 Å². The fraction of sp³-hybridized carbons (Fsp3) is 0. The second-order valence-corrected chi connectivity index (χ2v) is 14.6. The molecule has 11 aromatic rings. The summed E-state index contributed by atoms with van der Waals surface area (Å²) in [5.41, 5.74) is 13.4. The van der Waals surface area contributed by atoms with Crippen LogP contribution in [0.5, 0.6) is 0 Å². The van der Waals surface area contributed by atoms with Gasteiger partial charge in [0.1, 0.15) is 27.3 Å². The van der Waals surface area contributed by atoms with Crippen molar-refractivity contribution in [3.05, 3.63) is 182 Å². The Morgan fingerprint density at radius 1 is 0.389 bits per heavy atom. The van der Waals surface area contributed by atoms with Crippen LogP contribution in [-0.2, 0) is 0 Å². The Bertz CT molecular complexity index is 3140. The third-order valence-electron chi connectivity index (χ3n) is 10.3. The molecule has 8 aromatic carbocycles. The van der Waals surface area contributed by atoms with Gasteiger partial charge in [-0.2, -0.15) is 0 Å². The van der Waals surface area contributed by atoms with Gasteiger partial charge >= 0.3 is 0 Å². The normalized spacial score (nSPS) is 11.7. The molecule has 0 aliphatic heterocycles. The van der Waals surface area contributed by atoms with Crippen LogP contribution in [0.4, 0.5) is 17.1 Å². The van der Waals surface area contributed by atoms with Crippen LogP contribution in [0.2, 0.25) is 0 Å². The number of anilines is 3. The van der Waals surface area contributed by atoms with Crippen molar-refractivity contribution in [2.45, 2.75) is 0 Å². The quantitative estimate of drug-likeness (QED) is 0.172. The fourth-order valence-electron chi connectivity index (χ4n) is 7.67. The van der Waals surface area contributed by atoms with E-state index in [0.29, 0.717) is 0 Å². The Hall–Kier alpha value is -6.95.